The average molecular weight is 353 g/mol. The van der Waals surface area contributed by atoms with Gasteiger partial charge in [-0.15, -0.1) is 0 Å². The van der Waals surface area contributed by atoms with Gasteiger partial charge in [0.05, 0.1) is 12.1 Å². The van der Waals surface area contributed by atoms with Crippen molar-refractivity contribution in [2.75, 3.05) is 13.2 Å². The first kappa shape index (κ1) is 17.6. The van der Waals surface area contributed by atoms with Gasteiger partial charge in [-0.25, -0.2) is 4.79 Å². The molecule has 3 rings (SSSR count). The van der Waals surface area contributed by atoms with Gasteiger partial charge in [-0.2, -0.15) is 0 Å². The number of benzene rings is 1. The quantitative estimate of drug-likeness (QED) is 0.853. The van der Waals surface area contributed by atoms with E-state index in [0.29, 0.717) is 5.75 Å². The molecule has 2 aromatic rings. The SMILES string of the molecule is CC1(C)Cc2cccc(OCC#CCNC(=O)c3ccc(=O)oc3)c2O1. The second kappa shape index (κ2) is 7.36. The van der Waals surface area contributed by atoms with E-state index in [2.05, 4.69) is 21.6 Å². The monoisotopic (exact) mass is 353 g/mol. The van der Waals surface area contributed by atoms with E-state index in [1.165, 1.54) is 12.1 Å². The van der Waals surface area contributed by atoms with Gasteiger partial charge in [0.1, 0.15) is 18.5 Å². The summed E-state index contributed by atoms with van der Waals surface area (Å²) in [6, 6.07) is 8.41. The molecule has 1 amide bonds. The van der Waals surface area contributed by atoms with E-state index in [1.54, 1.807) is 0 Å². The van der Waals surface area contributed by atoms with Crippen LogP contribution in [0.15, 0.2) is 45.8 Å². The lowest BCUT2D eigenvalue weighted by Gasteiger charge is -2.17. The molecule has 2 heterocycles. The molecule has 0 unspecified atom stereocenters. The number of nitrogens with one attached hydrogen (secondary N) is 1. The van der Waals surface area contributed by atoms with Crippen LogP contribution in [0.4, 0.5) is 0 Å². The van der Waals surface area contributed by atoms with E-state index < -0.39 is 5.63 Å². The van der Waals surface area contributed by atoms with Crippen LogP contribution in [0.1, 0.15) is 29.8 Å². The van der Waals surface area contributed by atoms with Gasteiger partial charge < -0.3 is 19.2 Å². The first-order chi connectivity index (χ1) is 12.4. The standard InChI is InChI=1S/C20H19NO5/c1-20(2)12-14-6-5-7-16(18(14)26-20)24-11-4-3-10-21-19(23)15-8-9-17(22)25-13-15/h5-9,13H,10-12H2,1-2H3,(H,21,23). The predicted molar refractivity (Wildman–Crippen MR) is 95.4 cm³/mol. The maximum absolute atomic E-state index is 11.8. The number of fused-ring (bicyclic) bond motifs is 1. The van der Waals surface area contributed by atoms with Crippen LogP contribution < -0.4 is 20.4 Å². The zero-order valence-corrected chi connectivity index (χ0v) is 14.6. The zero-order chi connectivity index (χ0) is 18.6. The van der Waals surface area contributed by atoms with Crippen LogP contribution in [0.2, 0.25) is 0 Å². The number of amides is 1. The maximum atomic E-state index is 11.8. The Bertz CT molecular complexity index is 913. The van der Waals surface area contributed by atoms with Crippen LogP contribution in [-0.2, 0) is 6.42 Å². The molecular weight excluding hydrogens is 334 g/mol. The Kier molecular flexibility index (Phi) is 4.99. The van der Waals surface area contributed by atoms with Crippen molar-refractivity contribution < 1.29 is 18.7 Å². The van der Waals surface area contributed by atoms with E-state index in [1.807, 2.05) is 32.0 Å². The first-order valence-electron chi connectivity index (χ1n) is 8.21. The molecule has 0 aliphatic carbocycles. The van der Waals surface area contributed by atoms with Gasteiger partial charge in [0.15, 0.2) is 11.5 Å². The van der Waals surface area contributed by atoms with Crippen molar-refractivity contribution in [3.05, 3.63) is 58.1 Å². The highest BCUT2D eigenvalue weighted by atomic mass is 16.5. The Balaban J connectivity index is 1.48. The number of carbonyl (C=O) groups excluding carboxylic acids is 1. The van der Waals surface area contributed by atoms with Gasteiger partial charge in [0.25, 0.3) is 5.91 Å². The Hall–Kier alpha value is -3.20. The third-order valence-corrected chi connectivity index (χ3v) is 3.78. The Morgan fingerprint density at radius 3 is 2.88 bits per heavy atom. The molecule has 0 spiro atoms. The smallest absolute Gasteiger partial charge is 0.335 e. The van der Waals surface area contributed by atoms with E-state index in [4.69, 9.17) is 9.47 Å². The third kappa shape index (κ3) is 4.25. The molecular formula is C20H19NO5. The Morgan fingerprint density at radius 2 is 2.12 bits per heavy atom. The molecule has 1 aliphatic heterocycles. The minimum Gasteiger partial charge on any atom is -0.483 e. The average Bonchev–Trinajstić information content (AvgIpc) is 2.93. The molecule has 0 saturated carbocycles. The highest BCUT2D eigenvalue weighted by Crippen LogP contribution is 2.41. The van der Waals surface area contributed by atoms with Gasteiger partial charge in [-0.3, -0.25) is 4.79 Å². The third-order valence-electron chi connectivity index (χ3n) is 3.78. The lowest BCUT2D eigenvalue weighted by Crippen LogP contribution is -2.24. The summed E-state index contributed by atoms with van der Waals surface area (Å²) in [6.45, 7) is 4.43. The van der Waals surface area contributed by atoms with Crippen LogP contribution in [-0.4, -0.2) is 24.7 Å². The van der Waals surface area contributed by atoms with Gasteiger partial charge in [-0.05, 0) is 26.0 Å². The molecule has 0 atom stereocenters. The van der Waals surface area contributed by atoms with Crippen molar-refractivity contribution in [1.82, 2.24) is 5.32 Å². The largest absolute Gasteiger partial charge is 0.483 e. The summed E-state index contributed by atoms with van der Waals surface area (Å²) in [5.74, 6) is 6.74. The summed E-state index contributed by atoms with van der Waals surface area (Å²) in [5, 5.41) is 2.61. The molecule has 1 aliphatic rings. The molecule has 0 radical (unpaired) electrons. The Morgan fingerprint density at radius 1 is 1.27 bits per heavy atom. The van der Waals surface area contributed by atoms with E-state index >= 15 is 0 Å². The minimum absolute atomic E-state index is 0.164. The van der Waals surface area contributed by atoms with Crippen molar-refractivity contribution in [1.29, 1.82) is 0 Å². The maximum Gasteiger partial charge on any atom is 0.335 e. The Labute approximate surface area is 151 Å². The minimum atomic E-state index is -0.502. The zero-order valence-electron chi connectivity index (χ0n) is 14.6. The molecule has 134 valence electrons. The lowest BCUT2D eigenvalue weighted by molar-refractivity contribution is 0.0956. The molecule has 1 aromatic heterocycles. The van der Waals surface area contributed by atoms with Crippen molar-refractivity contribution >= 4 is 5.91 Å². The summed E-state index contributed by atoms with van der Waals surface area (Å²) in [5.41, 5.74) is 0.664. The van der Waals surface area contributed by atoms with Crippen molar-refractivity contribution in [3.8, 4) is 23.3 Å². The van der Waals surface area contributed by atoms with Crippen LogP contribution in [0.5, 0.6) is 11.5 Å². The predicted octanol–water partition coefficient (Wildman–Crippen LogP) is 2.17. The first-order valence-corrected chi connectivity index (χ1v) is 8.21. The summed E-state index contributed by atoms with van der Waals surface area (Å²) < 4.78 is 16.3. The molecule has 0 bridgehead atoms. The molecule has 6 heteroatoms. The van der Waals surface area contributed by atoms with Gasteiger partial charge in [0, 0.05) is 18.1 Å². The van der Waals surface area contributed by atoms with Crippen molar-refractivity contribution in [2.24, 2.45) is 0 Å². The fraction of sp³-hybridized carbons (Fsp3) is 0.300. The summed E-state index contributed by atoms with van der Waals surface area (Å²) >= 11 is 0. The van der Waals surface area contributed by atoms with Crippen molar-refractivity contribution in [3.63, 3.8) is 0 Å². The summed E-state index contributed by atoms with van der Waals surface area (Å²) in [6.07, 6.45) is 1.96. The number of rotatable bonds is 4. The fourth-order valence-corrected chi connectivity index (χ4v) is 2.64. The normalized spacial score (nSPS) is 13.8. The molecule has 6 nitrogen and oxygen atoms in total. The summed E-state index contributed by atoms with van der Waals surface area (Å²) in [7, 11) is 0. The number of para-hydroxylation sites is 1. The number of ether oxygens (including phenoxy) is 2. The highest BCUT2D eigenvalue weighted by Gasteiger charge is 2.32. The van der Waals surface area contributed by atoms with E-state index in [-0.39, 0.29) is 30.2 Å². The molecule has 1 aromatic carbocycles. The fourth-order valence-electron chi connectivity index (χ4n) is 2.64. The number of hydrogen-bond acceptors (Lipinski definition) is 5. The second-order valence-electron chi connectivity index (χ2n) is 6.45. The van der Waals surface area contributed by atoms with Gasteiger partial charge in [0.2, 0.25) is 0 Å². The summed E-state index contributed by atoms with van der Waals surface area (Å²) in [4.78, 5) is 22.7. The van der Waals surface area contributed by atoms with Crippen LogP contribution in [0.3, 0.4) is 0 Å². The van der Waals surface area contributed by atoms with E-state index in [0.717, 1.165) is 24.0 Å². The van der Waals surface area contributed by atoms with Gasteiger partial charge in [-0.1, -0.05) is 24.0 Å². The molecule has 0 fully saturated rings. The number of carbonyl (C=O) groups is 1. The van der Waals surface area contributed by atoms with Gasteiger partial charge >= 0.3 is 5.63 Å². The molecule has 0 saturated heterocycles. The molecule has 26 heavy (non-hydrogen) atoms. The van der Waals surface area contributed by atoms with Crippen LogP contribution in [0.25, 0.3) is 0 Å². The topological polar surface area (TPSA) is 77.8 Å². The molecule has 1 N–H and O–H groups in total. The van der Waals surface area contributed by atoms with Crippen LogP contribution in [0, 0.1) is 11.8 Å². The number of hydrogen-bond donors (Lipinski definition) is 1. The van der Waals surface area contributed by atoms with E-state index in [9.17, 15) is 9.59 Å². The lowest BCUT2D eigenvalue weighted by atomic mass is 10.0. The van der Waals surface area contributed by atoms with Crippen molar-refractivity contribution in [2.45, 2.75) is 25.9 Å². The highest BCUT2D eigenvalue weighted by molar-refractivity contribution is 5.93. The second-order valence-corrected chi connectivity index (χ2v) is 6.45. The van der Waals surface area contributed by atoms with Crippen LogP contribution >= 0.6 is 0 Å².